The van der Waals surface area contributed by atoms with Crippen LogP contribution in [0.1, 0.15) is 19.3 Å². The van der Waals surface area contributed by atoms with E-state index in [9.17, 15) is 0 Å². The third kappa shape index (κ3) is 1.05. The number of hydrogen-bond donors (Lipinski definition) is 0. The lowest BCUT2D eigenvalue weighted by atomic mass is 9.73. The molecule has 3 aliphatic rings. The van der Waals surface area contributed by atoms with Gasteiger partial charge < -0.3 is 0 Å². The van der Waals surface area contributed by atoms with Crippen LogP contribution in [0.25, 0.3) is 0 Å². The molecule has 65 valence electrons. The van der Waals surface area contributed by atoms with Gasteiger partial charge in [-0.25, -0.2) is 0 Å². The maximum Gasteiger partial charge on any atom is 0.00958 e. The molecule has 0 N–H and O–H groups in total. The van der Waals surface area contributed by atoms with E-state index >= 15 is 0 Å². The summed E-state index contributed by atoms with van der Waals surface area (Å²) in [7, 11) is 0. The van der Waals surface area contributed by atoms with Crippen molar-refractivity contribution >= 4 is 0 Å². The molecule has 0 aromatic heterocycles. The Kier molecular flexibility index (Phi) is 1.55. The van der Waals surface area contributed by atoms with Crippen LogP contribution in [0.5, 0.6) is 0 Å². The Bertz CT molecular complexity index is 339. The molecule has 0 nitrogen and oxygen atoms in total. The van der Waals surface area contributed by atoms with Crippen molar-refractivity contribution in [1.82, 2.24) is 0 Å². The van der Waals surface area contributed by atoms with Crippen LogP contribution >= 0.6 is 0 Å². The molecule has 13 heavy (non-hydrogen) atoms. The van der Waals surface area contributed by atoms with E-state index in [-0.39, 0.29) is 0 Å². The van der Waals surface area contributed by atoms with Gasteiger partial charge in [-0.2, -0.15) is 0 Å². The van der Waals surface area contributed by atoms with E-state index in [1.54, 1.807) is 0 Å². The number of fused-ring (bicyclic) bond motifs is 3. The fraction of sp³-hybridized carbons (Fsp3) is 0.385. The lowest BCUT2D eigenvalue weighted by Crippen LogP contribution is -2.20. The lowest BCUT2D eigenvalue weighted by Gasteiger charge is -2.31. The van der Waals surface area contributed by atoms with Crippen molar-refractivity contribution in [1.29, 1.82) is 0 Å². The molecule has 3 aliphatic carbocycles. The fourth-order valence-corrected chi connectivity index (χ4v) is 2.63. The zero-order chi connectivity index (χ0) is 8.67. The third-order valence-corrected chi connectivity index (χ3v) is 3.32. The first kappa shape index (κ1) is 7.37. The Morgan fingerprint density at radius 2 is 2.38 bits per heavy atom. The molecule has 2 atom stereocenters. The average Bonchev–Trinajstić information content (AvgIpc) is 2.65. The van der Waals surface area contributed by atoms with Gasteiger partial charge in [0.25, 0.3) is 0 Å². The minimum Gasteiger partial charge on any atom is -0.0810 e. The number of hydrogen-bond acceptors (Lipinski definition) is 0. The zero-order valence-electron chi connectivity index (χ0n) is 7.66. The standard InChI is InChI=1S/C13H13/c1-2-6-12-10(4-1)8-9-11-5-3-7-13(11)12/h3-5,7-8,12-13H,1-2,6H2. The summed E-state index contributed by atoms with van der Waals surface area (Å²) in [6, 6.07) is 0. The summed E-state index contributed by atoms with van der Waals surface area (Å²) in [5.74, 6) is 1.41. The van der Waals surface area contributed by atoms with Crippen LogP contribution in [-0.2, 0) is 0 Å². The molecule has 0 heteroatoms. The first-order valence-corrected chi connectivity index (χ1v) is 5.13. The van der Waals surface area contributed by atoms with E-state index in [1.807, 2.05) is 0 Å². The van der Waals surface area contributed by atoms with Crippen LogP contribution in [0.3, 0.4) is 0 Å². The van der Waals surface area contributed by atoms with Gasteiger partial charge in [-0.15, -0.1) is 0 Å². The highest BCUT2D eigenvalue weighted by Crippen LogP contribution is 2.41. The summed E-state index contributed by atoms with van der Waals surface area (Å²) in [5, 5.41) is 0. The predicted octanol–water partition coefficient (Wildman–Crippen LogP) is 3.20. The van der Waals surface area contributed by atoms with Crippen LogP contribution in [0.2, 0.25) is 0 Å². The van der Waals surface area contributed by atoms with Gasteiger partial charge in [-0.3, -0.25) is 0 Å². The van der Waals surface area contributed by atoms with Gasteiger partial charge in [0, 0.05) is 5.92 Å². The van der Waals surface area contributed by atoms with Crippen molar-refractivity contribution in [3.63, 3.8) is 0 Å². The Balaban J connectivity index is 2.05. The molecule has 0 amide bonds. The van der Waals surface area contributed by atoms with E-state index in [0.29, 0.717) is 5.92 Å². The maximum atomic E-state index is 3.39. The van der Waals surface area contributed by atoms with Gasteiger partial charge in [-0.1, -0.05) is 30.4 Å². The Morgan fingerprint density at radius 1 is 1.38 bits per heavy atom. The molecule has 0 saturated heterocycles. The highest BCUT2D eigenvalue weighted by Gasteiger charge is 2.30. The molecule has 0 fully saturated rings. The van der Waals surface area contributed by atoms with E-state index < -0.39 is 0 Å². The highest BCUT2D eigenvalue weighted by atomic mass is 14.3. The molecule has 0 aliphatic heterocycles. The van der Waals surface area contributed by atoms with Gasteiger partial charge in [0.15, 0.2) is 0 Å². The second-order valence-electron chi connectivity index (χ2n) is 4.06. The van der Waals surface area contributed by atoms with E-state index in [2.05, 4.69) is 36.5 Å². The number of rotatable bonds is 0. The summed E-state index contributed by atoms with van der Waals surface area (Å²) in [6.45, 7) is 0. The third-order valence-electron chi connectivity index (χ3n) is 3.32. The van der Waals surface area contributed by atoms with Crippen LogP contribution in [0.15, 0.2) is 41.5 Å². The average molecular weight is 169 g/mol. The van der Waals surface area contributed by atoms with Gasteiger partial charge in [0.05, 0.1) is 0 Å². The molecule has 2 unspecified atom stereocenters. The Morgan fingerprint density at radius 3 is 3.38 bits per heavy atom. The topological polar surface area (TPSA) is 0 Å². The van der Waals surface area contributed by atoms with Crippen LogP contribution in [-0.4, -0.2) is 0 Å². The van der Waals surface area contributed by atoms with Gasteiger partial charge >= 0.3 is 0 Å². The molecule has 0 aromatic carbocycles. The smallest absolute Gasteiger partial charge is 0.00958 e. The van der Waals surface area contributed by atoms with Crippen molar-refractivity contribution in [3.8, 4) is 0 Å². The molecule has 0 spiro atoms. The predicted molar refractivity (Wildman–Crippen MR) is 54.0 cm³/mol. The van der Waals surface area contributed by atoms with Crippen molar-refractivity contribution < 1.29 is 0 Å². The summed E-state index contributed by atoms with van der Waals surface area (Å²) >= 11 is 0. The number of allylic oxidation sites excluding steroid dienone is 8. The largest absolute Gasteiger partial charge is 0.0810 e. The zero-order valence-corrected chi connectivity index (χ0v) is 7.66. The maximum absolute atomic E-state index is 3.39. The Hall–Kier alpha value is -1.04. The monoisotopic (exact) mass is 169 g/mol. The van der Waals surface area contributed by atoms with Crippen molar-refractivity contribution in [2.24, 2.45) is 11.8 Å². The Labute approximate surface area is 79.3 Å². The summed E-state index contributed by atoms with van der Waals surface area (Å²) in [5.41, 5.74) is 2.92. The van der Waals surface area contributed by atoms with E-state index in [0.717, 1.165) is 5.92 Å². The van der Waals surface area contributed by atoms with Crippen LogP contribution in [0.4, 0.5) is 0 Å². The second-order valence-corrected chi connectivity index (χ2v) is 4.06. The lowest BCUT2D eigenvalue weighted by molar-refractivity contribution is 0.444. The molecule has 1 radical (unpaired) electrons. The van der Waals surface area contributed by atoms with E-state index in [1.165, 1.54) is 30.4 Å². The van der Waals surface area contributed by atoms with Crippen molar-refractivity contribution in [2.75, 3.05) is 0 Å². The SMILES string of the molecule is [C]1=CC2=CCCCC2C2C=CC=C12. The molecule has 0 bridgehead atoms. The summed E-state index contributed by atoms with van der Waals surface area (Å²) in [4.78, 5) is 0. The summed E-state index contributed by atoms with van der Waals surface area (Å²) < 4.78 is 0. The molecule has 0 saturated carbocycles. The molecular formula is C13H13. The normalized spacial score (nSPS) is 35.1. The first-order chi connectivity index (χ1) is 6.45. The van der Waals surface area contributed by atoms with Crippen molar-refractivity contribution in [2.45, 2.75) is 19.3 Å². The van der Waals surface area contributed by atoms with Crippen LogP contribution in [0, 0.1) is 17.9 Å². The molecule has 0 aromatic rings. The van der Waals surface area contributed by atoms with Gasteiger partial charge in [-0.05, 0) is 42.4 Å². The first-order valence-electron chi connectivity index (χ1n) is 5.13. The minimum atomic E-state index is 0.650. The molecule has 0 heterocycles. The van der Waals surface area contributed by atoms with E-state index in [4.69, 9.17) is 0 Å². The molecule has 3 rings (SSSR count). The summed E-state index contributed by atoms with van der Waals surface area (Å²) in [6.07, 6.45) is 18.7. The fourth-order valence-electron chi connectivity index (χ4n) is 2.63. The molecular weight excluding hydrogens is 156 g/mol. The van der Waals surface area contributed by atoms with Crippen molar-refractivity contribution in [3.05, 3.63) is 47.6 Å². The second kappa shape index (κ2) is 2.73. The highest BCUT2D eigenvalue weighted by molar-refractivity contribution is 5.43. The van der Waals surface area contributed by atoms with Crippen LogP contribution < -0.4 is 0 Å². The quantitative estimate of drug-likeness (QED) is 0.522. The minimum absolute atomic E-state index is 0.650. The van der Waals surface area contributed by atoms with Gasteiger partial charge in [0.1, 0.15) is 0 Å². The van der Waals surface area contributed by atoms with Gasteiger partial charge in [0.2, 0.25) is 0 Å².